The van der Waals surface area contributed by atoms with Crippen molar-refractivity contribution >= 4 is 46.0 Å². The van der Waals surface area contributed by atoms with E-state index in [0.717, 1.165) is 0 Å². The van der Waals surface area contributed by atoms with E-state index in [2.05, 4.69) is 9.97 Å². The second-order valence-corrected chi connectivity index (χ2v) is 8.87. The monoisotopic (exact) mass is 533 g/mol. The van der Waals surface area contributed by atoms with Crippen molar-refractivity contribution in [2.45, 2.75) is 13.0 Å². The number of aliphatic hydroxyl groups excluding tert-OH is 1. The van der Waals surface area contributed by atoms with Gasteiger partial charge in [0, 0.05) is 11.6 Å². The Morgan fingerprint density at radius 2 is 1.74 bits per heavy atom. The number of hydrogen-bond donors (Lipinski definition) is 2. The van der Waals surface area contributed by atoms with Gasteiger partial charge < -0.3 is 24.3 Å². The number of carbonyl (C=O) groups excluding carboxylic acids is 2. The Labute approximate surface area is 223 Å². The minimum absolute atomic E-state index is 0.0945. The van der Waals surface area contributed by atoms with Crippen molar-refractivity contribution in [3.63, 3.8) is 0 Å². The number of hydrogen-bond acceptors (Lipinski definition) is 7. The maximum atomic E-state index is 13.5. The number of nitrogens with zero attached hydrogens (tertiary/aromatic N) is 2. The van der Waals surface area contributed by atoms with Gasteiger partial charge in [-0.25, -0.2) is 4.98 Å². The molecule has 0 saturated carbocycles. The second kappa shape index (κ2) is 10.1. The second-order valence-electron chi connectivity index (χ2n) is 8.46. The molecule has 0 spiro atoms. The van der Waals surface area contributed by atoms with Gasteiger partial charge >= 0.3 is 5.91 Å². The summed E-state index contributed by atoms with van der Waals surface area (Å²) in [5, 5.41) is 11.8. The molecule has 1 aliphatic rings. The van der Waals surface area contributed by atoms with Crippen LogP contribution in [-0.2, 0) is 9.59 Å². The Bertz CT molecular complexity index is 1580. The van der Waals surface area contributed by atoms with Crippen LogP contribution in [0.1, 0.15) is 24.1 Å². The van der Waals surface area contributed by atoms with Gasteiger partial charge in [-0.1, -0.05) is 23.7 Å². The van der Waals surface area contributed by atoms with E-state index in [1.54, 1.807) is 75.7 Å². The van der Waals surface area contributed by atoms with Crippen LogP contribution in [0.5, 0.6) is 17.2 Å². The lowest BCUT2D eigenvalue weighted by Gasteiger charge is -2.23. The summed E-state index contributed by atoms with van der Waals surface area (Å²) in [6, 6.07) is 15.8. The van der Waals surface area contributed by atoms with Gasteiger partial charge in [-0.05, 0) is 55.0 Å². The zero-order valence-corrected chi connectivity index (χ0v) is 21.6. The van der Waals surface area contributed by atoms with Crippen LogP contribution in [0.25, 0.3) is 16.8 Å². The van der Waals surface area contributed by atoms with E-state index in [4.69, 9.17) is 25.8 Å². The number of benzene rings is 3. The van der Waals surface area contributed by atoms with Gasteiger partial charge in [0.15, 0.2) is 0 Å². The van der Waals surface area contributed by atoms with Crippen molar-refractivity contribution in [1.82, 2.24) is 9.97 Å². The average Bonchev–Trinajstić information content (AvgIpc) is 3.47. The molecule has 1 unspecified atom stereocenters. The lowest BCUT2D eigenvalue weighted by molar-refractivity contribution is -0.132. The van der Waals surface area contributed by atoms with E-state index in [9.17, 15) is 14.7 Å². The number of fused-ring (bicyclic) bond motifs is 1. The van der Waals surface area contributed by atoms with Crippen LogP contribution in [0, 0.1) is 0 Å². The van der Waals surface area contributed by atoms with Gasteiger partial charge in [0.05, 0.1) is 48.5 Å². The van der Waals surface area contributed by atoms with E-state index in [1.165, 1.54) is 11.0 Å². The zero-order chi connectivity index (χ0) is 27.0. The highest BCUT2D eigenvalue weighted by Crippen LogP contribution is 2.43. The van der Waals surface area contributed by atoms with Crippen LogP contribution in [0.2, 0.25) is 5.02 Å². The number of H-pyrrole nitrogens is 1. The minimum Gasteiger partial charge on any atom is -0.507 e. The summed E-state index contributed by atoms with van der Waals surface area (Å²) >= 11 is 6.22. The molecule has 194 valence electrons. The number of carbonyl (C=O) groups is 2. The van der Waals surface area contributed by atoms with Gasteiger partial charge in [0.25, 0.3) is 5.78 Å². The van der Waals surface area contributed by atoms with Crippen LogP contribution < -0.4 is 19.1 Å². The van der Waals surface area contributed by atoms with Crippen molar-refractivity contribution < 1.29 is 28.9 Å². The standard InChI is InChI=1S/C28H24ClN3O6/c1-4-38-22-13-16(7-11-19(22)29)25(33)23-24(15-5-8-17(36-2)9-6-15)32(27(35)26(23)34)28-30-20-12-10-18(37-3)14-21(20)31-28/h5-14,24,33H,4H2,1-3H3,(H,30,31)/b25-23+. The maximum Gasteiger partial charge on any atom is 0.302 e. The number of aliphatic hydroxyl groups is 1. The molecule has 4 aromatic rings. The van der Waals surface area contributed by atoms with Gasteiger partial charge in [-0.2, -0.15) is 0 Å². The third-order valence-corrected chi connectivity index (χ3v) is 6.60. The number of halogens is 1. The van der Waals surface area contributed by atoms with Crippen LogP contribution in [0.3, 0.4) is 0 Å². The largest absolute Gasteiger partial charge is 0.507 e. The topological polar surface area (TPSA) is 114 Å². The minimum atomic E-state index is -0.977. The Balaban J connectivity index is 1.70. The molecule has 1 amide bonds. The number of aromatic amines is 1. The fourth-order valence-electron chi connectivity index (χ4n) is 4.44. The molecule has 3 aromatic carbocycles. The van der Waals surface area contributed by atoms with Crippen LogP contribution in [-0.4, -0.2) is 47.6 Å². The number of aromatic nitrogens is 2. The van der Waals surface area contributed by atoms with E-state index in [-0.39, 0.29) is 22.8 Å². The Morgan fingerprint density at radius 3 is 2.42 bits per heavy atom. The first-order chi connectivity index (χ1) is 18.4. The number of anilines is 1. The predicted molar refractivity (Wildman–Crippen MR) is 143 cm³/mol. The molecule has 1 aliphatic heterocycles. The molecule has 2 N–H and O–H groups in total. The number of nitrogens with one attached hydrogen (secondary N) is 1. The molecule has 1 atom stereocenters. The molecule has 2 heterocycles. The Kier molecular flexibility index (Phi) is 6.69. The number of imidazole rings is 1. The molecule has 10 heteroatoms. The molecule has 0 bridgehead atoms. The van der Waals surface area contributed by atoms with Crippen molar-refractivity contribution in [2.24, 2.45) is 0 Å². The molecule has 0 aliphatic carbocycles. The number of rotatable bonds is 7. The predicted octanol–water partition coefficient (Wildman–Crippen LogP) is 5.26. The number of ketones is 1. The van der Waals surface area contributed by atoms with E-state index in [0.29, 0.717) is 45.5 Å². The summed E-state index contributed by atoms with van der Waals surface area (Å²) in [5.74, 6) is -0.343. The Morgan fingerprint density at radius 1 is 1.03 bits per heavy atom. The lowest BCUT2D eigenvalue weighted by Crippen LogP contribution is -2.30. The van der Waals surface area contributed by atoms with Crippen LogP contribution >= 0.6 is 11.6 Å². The SMILES string of the molecule is CCOc1cc(/C(O)=C2\C(=O)C(=O)N(c3nc4ccc(OC)cc4[nH]3)C2c2ccc(OC)cc2)ccc1Cl. The first-order valence-corrected chi connectivity index (χ1v) is 12.2. The normalized spacial score (nSPS) is 16.7. The molecule has 0 radical (unpaired) electrons. The molecule has 1 fully saturated rings. The molecule has 38 heavy (non-hydrogen) atoms. The molecule has 1 saturated heterocycles. The van der Waals surface area contributed by atoms with Crippen LogP contribution in [0.15, 0.2) is 66.2 Å². The molecular weight excluding hydrogens is 510 g/mol. The van der Waals surface area contributed by atoms with Crippen molar-refractivity contribution in [3.05, 3.63) is 82.4 Å². The first kappa shape index (κ1) is 25.2. The summed E-state index contributed by atoms with van der Waals surface area (Å²) in [4.78, 5) is 35.8. The maximum absolute atomic E-state index is 13.5. The molecule has 9 nitrogen and oxygen atoms in total. The summed E-state index contributed by atoms with van der Waals surface area (Å²) < 4.78 is 16.1. The Hall–Kier alpha value is -4.50. The van der Waals surface area contributed by atoms with Gasteiger partial charge in [-0.15, -0.1) is 0 Å². The number of ether oxygens (including phenoxy) is 3. The smallest absolute Gasteiger partial charge is 0.302 e. The number of methoxy groups -OCH3 is 2. The van der Waals surface area contributed by atoms with E-state index >= 15 is 0 Å². The lowest BCUT2D eigenvalue weighted by atomic mass is 9.95. The molecular formula is C28H24ClN3O6. The first-order valence-electron chi connectivity index (χ1n) is 11.8. The summed E-state index contributed by atoms with van der Waals surface area (Å²) in [6.07, 6.45) is 0. The number of amides is 1. The zero-order valence-electron chi connectivity index (χ0n) is 20.8. The molecule has 1 aromatic heterocycles. The average molecular weight is 534 g/mol. The quantitative estimate of drug-likeness (QED) is 0.189. The van der Waals surface area contributed by atoms with Gasteiger partial charge in [0.2, 0.25) is 5.95 Å². The number of Topliss-reactive ketones (excluding diaryl/α,β-unsaturated/α-hetero) is 1. The van der Waals surface area contributed by atoms with Crippen molar-refractivity contribution in [2.75, 3.05) is 25.7 Å². The third kappa shape index (κ3) is 4.31. The highest BCUT2D eigenvalue weighted by atomic mass is 35.5. The summed E-state index contributed by atoms with van der Waals surface area (Å²) in [7, 11) is 3.09. The summed E-state index contributed by atoms with van der Waals surface area (Å²) in [5.41, 5.74) is 1.96. The van der Waals surface area contributed by atoms with Crippen molar-refractivity contribution in [1.29, 1.82) is 0 Å². The van der Waals surface area contributed by atoms with Crippen molar-refractivity contribution in [3.8, 4) is 17.2 Å². The highest BCUT2D eigenvalue weighted by molar-refractivity contribution is 6.51. The van der Waals surface area contributed by atoms with Gasteiger partial charge in [-0.3, -0.25) is 14.5 Å². The molecule has 5 rings (SSSR count). The van der Waals surface area contributed by atoms with Crippen LogP contribution in [0.4, 0.5) is 5.95 Å². The summed E-state index contributed by atoms with van der Waals surface area (Å²) in [6.45, 7) is 2.16. The van der Waals surface area contributed by atoms with E-state index < -0.39 is 17.7 Å². The van der Waals surface area contributed by atoms with Gasteiger partial charge in [0.1, 0.15) is 23.0 Å². The highest BCUT2D eigenvalue weighted by Gasteiger charge is 2.48. The fraction of sp³-hybridized carbons (Fsp3) is 0.179. The fourth-order valence-corrected chi connectivity index (χ4v) is 4.61. The third-order valence-electron chi connectivity index (χ3n) is 6.29. The van der Waals surface area contributed by atoms with E-state index in [1.807, 2.05) is 0 Å².